The third-order valence-electron chi connectivity index (χ3n) is 3.32. The van der Waals surface area contributed by atoms with E-state index in [1.807, 2.05) is 12.1 Å². The Morgan fingerprint density at radius 2 is 2.13 bits per heavy atom. The Morgan fingerprint density at radius 1 is 1.27 bits per heavy atom. The highest BCUT2D eigenvalue weighted by Crippen LogP contribution is 2.33. The first-order valence-corrected chi connectivity index (χ1v) is 5.68. The lowest BCUT2D eigenvalue weighted by Gasteiger charge is -2.04. The van der Waals surface area contributed by atoms with Crippen molar-refractivity contribution in [3.05, 3.63) is 30.5 Å². The van der Waals surface area contributed by atoms with E-state index in [0.29, 0.717) is 0 Å². The van der Waals surface area contributed by atoms with Gasteiger partial charge in [-0.1, -0.05) is 18.9 Å². The van der Waals surface area contributed by atoms with Crippen LogP contribution in [0.15, 0.2) is 30.5 Å². The molecule has 2 N–H and O–H groups in total. The number of fused-ring (bicyclic) bond motifs is 1. The monoisotopic (exact) mass is 200 g/mol. The van der Waals surface area contributed by atoms with Crippen molar-refractivity contribution < 1.29 is 0 Å². The topological polar surface area (TPSA) is 30.9 Å². The van der Waals surface area contributed by atoms with Crippen LogP contribution in [0.2, 0.25) is 0 Å². The van der Waals surface area contributed by atoms with Gasteiger partial charge in [-0.2, -0.15) is 0 Å². The minimum atomic E-state index is 0.887. The fraction of sp³-hybridized carbons (Fsp3) is 0.385. The van der Waals surface area contributed by atoms with Crippen LogP contribution in [-0.2, 0) is 6.54 Å². The van der Waals surface area contributed by atoms with Gasteiger partial charge in [-0.3, -0.25) is 0 Å². The first kappa shape index (κ1) is 8.84. The van der Waals surface area contributed by atoms with Crippen LogP contribution in [0.5, 0.6) is 0 Å². The lowest BCUT2D eigenvalue weighted by molar-refractivity contribution is 0.611. The predicted octanol–water partition coefficient (Wildman–Crippen LogP) is 3.02. The first-order chi connectivity index (χ1) is 7.34. The van der Waals surface area contributed by atoms with Gasteiger partial charge in [-0.15, -0.1) is 0 Å². The number of hydrogen-bond donors (Lipinski definition) is 1. The van der Waals surface area contributed by atoms with Crippen molar-refractivity contribution in [2.24, 2.45) is 5.92 Å². The Balaban J connectivity index is 1.92. The first-order valence-electron chi connectivity index (χ1n) is 5.68. The van der Waals surface area contributed by atoms with Crippen molar-refractivity contribution in [3.8, 4) is 0 Å². The van der Waals surface area contributed by atoms with Gasteiger partial charge in [0.05, 0.1) is 5.52 Å². The summed E-state index contributed by atoms with van der Waals surface area (Å²) in [4.78, 5) is 0. The second-order valence-electron chi connectivity index (χ2n) is 4.52. The van der Waals surface area contributed by atoms with Crippen LogP contribution >= 0.6 is 0 Å². The second-order valence-corrected chi connectivity index (χ2v) is 4.52. The molecule has 0 amide bonds. The van der Waals surface area contributed by atoms with Gasteiger partial charge in [-0.25, -0.2) is 0 Å². The molecule has 1 aromatic carbocycles. The number of nitrogen functional groups attached to an aromatic ring is 1. The van der Waals surface area contributed by atoms with E-state index >= 15 is 0 Å². The summed E-state index contributed by atoms with van der Waals surface area (Å²) >= 11 is 0. The maximum Gasteiger partial charge on any atom is 0.0501 e. The standard InChI is InChI=1S/C13H16N2/c14-12-2-1-3-13-11(12)7-9-15(13)8-6-10-4-5-10/h1-3,7,9-10H,4-6,8,14H2. The minimum Gasteiger partial charge on any atom is -0.398 e. The van der Waals surface area contributed by atoms with E-state index in [0.717, 1.165) is 18.2 Å². The highest BCUT2D eigenvalue weighted by Gasteiger charge is 2.20. The number of nitrogens with two attached hydrogens (primary N) is 1. The minimum absolute atomic E-state index is 0.887. The van der Waals surface area contributed by atoms with Crippen molar-refractivity contribution >= 4 is 16.6 Å². The number of aryl methyl sites for hydroxylation is 1. The normalized spacial score (nSPS) is 16.0. The fourth-order valence-corrected chi connectivity index (χ4v) is 2.17. The lowest BCUT2D eigenvalue weighted by atomic mass is 10.2. The number of benzene rings is 1. The molecular weight excluding hydrogens is 184 g/mol. The van der Waals surface area contributed by atoms with Gasteiger partial charge in [-0.05, 0) is 30.5 Å². The van der Waals surface area contributed by atoms with E-state index in [4.69, 9.17) is 5.73 Å². The third kappa shape index (κ3) is 1.60. The number of anilines is 1. The summed E-state index contributed by atoms with van der Waals surface area (Å²) in [6.07, 6.45) is 6.34. The maximum atomic E-state index is 5.92. The number of rotatable bonds is 3. The number of nitrogens with zero attached hydrogens (tertiary/aromatic N) is 1. The molecule has 2 heteroatoms. The van der Waals surface area contributed by atoms with Crippen LogP contribution in [-0.4, -0.2) is 4.57 Å². The Labute approximate surface area is 89.7 Å². The van der Waals surface area contributed by atoms with E-state index in [1.54, 1.807) is 0 Å². The van der Waals surface area contributed by atoms with Crippen LogP contribution in [0.25, 0.3) is 10.9 Å². The molecule has 3 rings (SSSR count). The molecule has 1 aromatic heterocycles. The van der Waals surface area contributed by atoms with E-state index < -0.39 is 0 Å². The van der Waals surface area contributed by atoms with E-state index in [-0.39, 0.29) is 0 Å². The summed E-state index contributed by atoms with van der Waals surface area (Å²) in [7, 11) is 0. The molecule has 15 heavy (non-hydrogen) atoms. The van der Waals surface area contributed by atoms with Crippen LogP contribution in [0, 0.1) is 5.92 Å². The van der Waals surface area contributed by atoms with Crippen LogP contribution in [0.3, 0.4) is 0 Å². The Morgan fingerprint density at radius 3 is 2.93 bits per heavy atom. The molecule has 0 radical (unpaired) electrons. The summed E-state index contributed by atoms with van der Waals surface area (Å²) in [5.41, 5.74) is 8.08. The molecule has 1 heterocycles. The molecule has 78 valence electrons. The zero-order valence-corrected chi connectivity index (χ0v) is 8.82. The Hall–Kier alpha value is -1.44. The molecule has 0 bridgehead atoms. The van der Waals surface area contributed by atoms with Gasteiger partial charge in [0.2, 0.25) is 0 Å². The fourth-order valence-electron chi connectivity index (χ4n) is 2.17. The second kappa shape index (κ2) is 3.30. The molecule has 0 atom stereocenters. The Bertz CT molecular complexity index is 480. The van der Waals surface area contributed by atoms with Crippen LogP contribution in [0.4, 0.5) is 5.69 Å². The number of hydrogen-bond acceptors (Lipinski definition) is 1. The largest absolute Gasteiger partial charge is 0.398 e. The lowest BCUT2D eigenvalue weighted by Crippen LogP contribution is -1.97. The quantitative estimate of drug-likeness (QED) is 0.758. The van der Waals surface area contributed by atoms with Gasteiger partial charge in [0, 0.05) is 23.8 Å². The van der Waals surface area contributed by atoms with Gasteiger partial charge in [0.1, 0.15) is 0 Å². The van der Waals surface area contributed by atoms with E-state index in [2.05, 4.69) is 22.9 Å². The SMILES string of the molecule is Nc1cccc2c1ccn2CCC1CC1. The van der Waals surface area contributed by atoms with Gasteiger partial charge in [0.15, 0.2) is 0 Å². The predicted molar refractivity (Wildman–Crippen MR) is 63.7 cm³/mol. The smallest absolute Gasteiger partial charge is 0.0501 e. The number of aromatic nitrogens is 1. The highest BCUT2D eigenvalue weighted by molar-refractivity contribution is 5.91. The summed E-state index contributed by atoms with van der Waals surface area (Å²) in [6.45, 7) is 1.14. The molecule has 0 unspecified atom stereocenters. The van der Waals surface area contributed by atoms with Crippen molar-refractivity contribution in [2.75, 3.05) is 5.73 Å². The van der Waals surface area contributed by atoms with E-state index in [9.17, 15) is 0 Å². The molecule has 1 saturated carbocycles. The van der Waals surface area contributed by atoms with Gasteiger partial charge >= 0.3 is 0 Å². The van der Waals surface area contributed by atoms with Crippen LogP contribution in [0.1, 0.15) is 19.3 Å². The summed E-state index contributed by atoms with van der Waals surface area (Å²) in [5.74, 6) is 0.989. The summed E-state index contributed by atoms with van der Waals surface area (Å²) < 4.78 is 2.32. The molecule has 0 spiro atoms. The third-order valence-corrected chi connectivity index (χ3v) is 3.32. The zero-order chi connectivity index (χ0) is 10.3. The van der Waals surface area contributed by atoms with Gasteiger partial charge in [0.25, 0.3) is 0 Å². The van der Waals surface area contributed by atoms with Gasteiger partial charge < -0.3 is 10.3 Å². The average molecular weight is 200 g/mol. The molecule has 0 saturated heterocycles. The van der Waals surface area contributed by atoms with Crippen LogP contribution < -0.4 is 5.73 Å². The summed E-state index contributed by atoms with van der Waals surface area (Å²) in [6, 6.07) is 8.27. The molecule has 1 aliphatic carbocycles. The average Bonchev–Trinajstić information content (AvgIpc) is 2.97. The maximum absolute atomic E-state index is 5.92. The van der Waals surface area contributed by atoms with Crippen molar-refractivity contribution in [2.45, 2.75) is 25.8 Å². The summed E-state index contributed by atoms with van der Waals surface area (Å²) in [5, 5.41) is 1.19. The van der Waals surface area contributed by atoms with Crippen molar-refractivity contribution in [3.63, 3.8) is 0 Å². The molecule has 2 nitrogen and oxygen atoms in total. The highest BCUT2D eigenvalue weighted by atomic mass is 15.0. The molecule has 1 fully saturated rings. The molecule has 0 aliphatic heterocycles. The Kier molecular flexibility index (Phi) is 1.94. The zero-order valence-electron chi connectivity index (χ0n) is 8.82. The molecule has 2 aromatic rings. The van der Waals surface area contributed by atoms with E-state index in [1.165, 1.54) is 30.2 Å². The molecular formula is C13H16N2. The van der Waals surface area contributed by atoms with Crippen molar-refractivity contribution in [1.29, 1.82) is 0 Å². The van der Waals surface area contributed by atoms with Crippen molar-refractivity contribution in [1.82, 2.24) is 4.57 Å². The molecule has 1 aliphatic rings.